The predicted octanol–water partition coefficient (Wildman–Crippen LogP) is 4.89. The highest BCUT2D eigenvalue weighted by atomic mass is 14.9. The molecular weight excluding hydrogens is 280 g/mol. The van der Waals surface area contributed by atoms with Crippen molar-refractivity contribution in [1.82, 2.24) is 10.6 Å². The molecule has 0 amide bonds. The molecule has 0 aliphatic heterocycles. The Morgan fingerprint density at radius 1 is 0.913 bits per heavy atom. The van der Waals surface area contributed by atoms with Gasteiger partial charge in [0.2, 0.25) is 0 Å². The van der Waals surface area contributed by atoms with Crippen LogP contribution < -0.4 is 10.6 Å². The first kappa shape index (κ1) is 19.4. The Balaban J connectivity index is 0.000000209. The van der Waals surface area contributed by atoms with Crippen molar-refractivity contribution >= 4 is 0 Å². The molecule has 0 bridgehead atoms. The Kier molecular flexibility index (Phi) is 9.27. The molecule has 0 heterocycles. The van der Waals surface area contributed by atoms with E-state index in [9.17, 15) is 0 Å². The third-order valence-corrected chi connectivity index (χ3v) is 4.21. The van der Waals surface area contributed by atoms with E-state index < -0.39 is 0 Å². The van der Waals surface area contributed by atoms with E-state index in [2.05, 4.69) is 66.1 Å². The van der Waals surface area contributed by atoms with E-state index in [1.54, 1.807) is 0 Å². The number of rotatable bonds is 3. The van der Waals surface area contributed by atoms with Crippen LogP contribution in [-0.2, 0) is 6.42 Å². The van der Waals surface area contributed by atoms with Gasteiger partial charge in [0, 0.05) is 12.1 Å². The van der Waals surface area contributed by atoms with Gasteiger partial charge in [0.15, 0.2) is 0 Å². The fraction of sp³-hybridized carbons (Fsp3) is 0.429. The second-order valence-corrected chi connectivity index (χ2v) is 5.50. The summed E-state index contributed by atoms with van der Waals surface area (Å²) in [6.07, 6.45) is 2.50. The van der Waals surface area contributed by atoms with Crippen LogP contribution in [0.25, 0.3) is 0 Å². The summed E-state index contributed by atoms with van der Waals surface area (Å²) in [6.45, 7) is 6.15. The summed E-state index contributed by atoms with van der Waals surface area (Å²) >= 11 is 0. The molecule has 0 spiro atoms. The van der Waals surface area contributed by atoms with Gasteiger partial charge in [-0.05, 0) is 50.6 Å². The van der Waals surface area contributed by atoms with Crippen LogP contribution in [0.3, 0.4) is 0 Å². The molecule has 2 heteroatoms. The molecule has 2 aromatic rings. The fourth-order valence-electron chi connectivity index (χ4n) is 2.77. The Morgan fingerprint density at radius 2 is 1.52 bits per heavy atom. The van der Waals surface area contributed by atoms with E-state index in [-0.39, 0.29) is 0 Å². The van der Waals surface area contributed by atoms with Crippen molar-refractivity contribution in [2.24, 2.45) is 0 Å². The van der Waals surface area contributed by atoms with E-state index in [4.69, 9.17) is 0 Å². The third kappa shape index (κ3) is 5.81. The number of aryl methyl sites for hydroxylation is 1. The van der Waals surface area contributed by atoms with Crippen LogP contribution in [0.1, 0.15) is 56.0 Å². The van der Waals surface area contributed by atoms with Gasteiger partial charge >= 0.3 is 0 Å². The highest BCUT2D eigenvalue weighted by Gasteiger charge is 2.19. The Hall–Kier alpha value is -1.64. The van der Waals surface area contributed by atoms with Crippen LogP contribution in [0.5, 0.6) is 0 Å². The van der Waals surface area contributed by atoms with Gasteiger partial charge in [0.25, 0.3) is 0 Å². The minimum Gasteiger partial charge on any atom is -0.313 e. The van der Waals surface area contributed by atoms with Crippen LogP contribution in [0.2, 0.25) is 0 Å². The molecule has 0 radical (unpaired) electrons. The molecule has 2 unspecified atom stereocenters. The van der Waals surface area contributed by atoms with Gasteiger partial charge in [-0.1, -0.05) is 68.4 Å². The molecule has 0 saturated heterocycles. The van der Waals surface area contributed by atoms with E-state index in [0.717, 1.165) is 0 Å². The normalized spacial score (nSPS) is 16.3. The number of hydrogen-bond acceptors (Lipinski definition) is 2. The third-order valence-electron chi connectivity index (χ3n) is 4.21. The average molecular weight is 313 g/mol. The summed E-state index contributed by atoms with van der Waals surface area (Å²) < 4.78 is 0. The zero-order valence-corrected chi connectivity index (χ0v) is 15.3. The maximum absolute atomic E-state index is 3.32. The summed E-state index contributed by atoms with van der Waals surface area (Å²) in [7, 11) is 4.00. The van der Waals surface area contributed by atoms with Gasteiger partial charge in [-0.25, -0.2) is 0 Å². The molecule has 2 N–H and O–H groups in total. The van der Waals surface area contributed by atoms with Gasteiger partial charge in [0.05, 0.1) is 0 Å². The van der Waals surface area contributed by atoms with Crippen molar-refractivity contribution in [2.75, 3.05) is 14.1 Å². The van der Waals surface area contributed by atoms with Crippen LogP contribution in [0.15, 0.2) is 54.6 Å². The molecule has 1 aliphatic rings. The maximum atomic E-state index is 3.32. The first-order chi connectivity index (χ1) is 11.3. The van der Waals surface area contributed by atoms with Gasteiger partial charge in [-0.3, -0.25) is 0 Å². The molecule has 2 atom stereocenters. The van der Waals surface area contributed by atoms with E-state index >= 15 is 0 Å². The lowest BCUT2D eigenvalue weighted by Gasteiger charge is -2.08. The molecule has 2 aromatic carbocycles. The summed E-state index contributed by atoms with van der Waals surface area (Å²) in [5.74, 6) is 0. The molecular formula is C21H32N2. The molecule has 0 fully saturated rings. The van der Waals surface area contributed by atoms with Crippen molar-refractivity contribution in [3.8, 4) is 0 Å². The molecule has 0 aromatic heterocycles. The lowest BCUT2D eigenvalue weighted by atomic mass is 10.1. The van der Waals surface area contributed by atoms with Gasteiger partial charge in [-0.15, -0.1) is 0 Å². The standard InChI is InChI=1S/C10H13N.C9H13N.C2H6/c1-11-10-7-6-8-4-2-3-5-9(8)10;1-8(10-2)9-6-4-3-5-7-9;1-2/h2-5,10-11H,6-7H2,1H3;3-8,10H,1-2H3;1-2H3. The quantitative estimate of drug-likeness (QED) is 0.843. The van der Waals surface area contributed by atoms with Gasteiger partial charge in [-0.2, -0.15) is 0 Å². The first-order valence-corrected chi connectivity index (χ1v) is 8.73. The minimum absolute atomic E-state index is 0.459. The molecule has 3 rings (SSSR count). The molecule has 1 aliphatic carbocycles. The number of benzene rings is 2. The minimum atomic E-state index is 0.459. The van der Waals surface area contributed by atoms with Crippen molar-refractivity contribution in [2.45, 2.75) is 45.7 Å². The number of fused-ring (bicyclic) bond motifs is 1. The van der Waals surface area contributed by atoms with Crippen LogP contribution >= 0.6 is 0 Å². The van der Waals surface area contributed by atoms with Gasteiger partial charge in [0.1, 0.15) is 0 Å². The highest BCUT2D eigenvalue weighted by molar-refractivity contribution is 5.34. The maximum Gasteiger partial charge on any atom is 0.0323 e. The number of hydrogen-bond donors (Lipinski definition) is 2. The highest BCUT2D eigenvalue weighted by Crippen LogP contribution is 2.29. The van der Waals surface area contributed by atoms with Crippen molar-refractivity contribution in [3.63, 3.8) is 0 Å². The predicted molar refractivity (Wildman–Crippen MR) is 102 cm³/mol. The second-order valence-electron chi connectivity index (χ2n) is 5.50. The van der Waals surface area contributed by atoms with Crippen LogP contribution in [-0.4, -0.2) is 14.1 Å². The van der Waals surface area contributed by atoms with Crippen LogP contribution in [0, 0.1) is 0 Å². The Bertz CT molecular complexity index is 537. The summed E-state index contributed by atoms with van der Waals surface area (Å²) in [5.41, 5.74) is 4.35. The van der Waals surface area contributed by atoms with Gasteiger partial charge < -0.3 is 10.6 Å². The van der Waals surface area contributed by atoms with Crippen molar-refractivity contribution < 1.29 is 0 Å². The summed E-state index contributed by atoms with van der Waals surface area (Å²) in [4.78, 5) is 0. The summed E-state index contributed by atoms with van der Waals surface area (Å²) in [5, 5.41) is 6.50. The second kappa shape index (κ2) is 11.0. The summed E-state index contributed by atoms with van der Waals surface area (Å²) in [6, 6.07) is 20.2. The Labute approximate surface area is 142 Å². The topological polar surface area (TPSA) is 24.1 Å². The monoisotopic (exact) mass is 312 g/mol. The lowest BCUT2D eigenvalue weighted by Crippen LogP contribution is -2.12. The molecule has 0 saturated carbocycles. The van der Waals surface area contributed by atoms with Crippen molar-refractivity contribution in [1.29, 1.82) is 0 Å². The SMILES string of the molecule is CC.CNC(C)c1ccccc1.CNC1CCc2ccccc21. The molecule has 23 heavy (non-hydrogen) atoms. The Morgan fingerprint density at radius 3 is 2.13 bits per heavy atom. The largest absolute Gasteiger partial charge is 0.313 e. The average Bonchev–Trinajstić information content (AvgIpc) is 3.07. The van der Waals surface area contributed by atoms with Crippen molar-refractivity contribution in [3.05, 3.63) is 71.3 Å². The van der Waals surface area contributed by atoms with Crippen LogP contribution in [0.4, 0.5) is 0 Å². The van der Waals surface area contributed by atoms with E-state index in [1.807, 2.05) is 34.0 Å². The van der Waals surface area contributed by atoms with E-state index in [1.165, 1.54) is 29.5 Å². The molecule has 2 nitrogen and oxygen atoms in total. The zero-order chi connectivity index (χ0) is 17.1. The molecule has 126 valence electrons. The smallest absolute Gasteiger partial charge is 0.0323 e. The van der Waals surface area contributed by atoms with E-state index in [0.29, 0.717) is 12.1 Å². The first-order valence-electron chi connectivity index (χ1n) is 8.73. The number of nitrogens with one attached hydrogen (secondary N) is 2. The zero-order valence-electron chi connectivity index (χ0n) is 15.3. The fourth-order valence-corrected chi connectivity index (χ4v) is 2.77. The lowest BCUT2D eigenvalue weighted by molar-refractivity contribution is 0.590.